The summed E-state index contributed by atoms with van der Waals surface area (Å²) in [4.78, 5) is 72.8. The van der Waals surface area contributed by atoms with E-state index in [1.807, 2.05) is 0 Å². The van der Waals surface area contributed by atoms with E-state index in [4.69, 9.17) is 37.0 Å². The fourth-order valence-corrected chi connectivity index (χ4v) is 11.7. The lowest BCUT2D eigenvalue weighted by molar-refractivity contribution is -0.161. The van der Waals surface area contributed by atoms with E-state index in [-0.39, 0.29) is 25.7 Å². The molecule has 0 saturated heterocycles. The molecule has 0 aromatic heterocycles. The van der Waals surface area contributed by atoms with E-state index in [0.717, 1.165) is 161 Å². The second-order valence-electron chi connectivity index (χ2n) is 25.6. The van der Waals surface area contributed by atoms with Gasteiger partial charge in [0.1, 0.15) is 19.3 Å². The topological polar surface area (TPSA) is 237 Å². The number of rotatable bonds is 72. The van der Waals surface area contributed by atoms with Gasteiger partial charge in [-0.15, -0.1) is 0 Å². The number of ether oxygens (including phenoxy) is 4. The van der Waals surface area contributed by atoms with Gasteiger partial charge >= 0.3 is 39.5 Å². The normalized spacial score (nSPS) is 14.5. The van der Waals surface area contributed by atoms with E-state index in [2.05, 4.69) is 125 Å². The van der Waals surface area contributed by atoms with Crippen LogP contribution in [0.2, 0.25) is 0 Å². The number of unbranched alkanes of at least 4 members (excludes halogenated alkanes) is 30. The highest BCUT2D eigenvalue weighted by Crippen LogP contribution is 2.45. The van der Waals surface area contributed by atoms with Crippen LogP contribution in [0.5, 0.6) is 0 Å². The van der Waals surface area contributed by atoms with Crippen molar-refractivity contribution in [3.63, 3.8) is 0 Å². The molecule has 5 unspecified atom stereocenters. The summed E-state index contributed by atoms with van der Waals surface area (Å²) in [7, 11) is -9.95. The summed E-state index contributed by atoms with van der Waals surface area (Å²) >= 11 is 0. The number of hydrogen-bond acceptors (Lipinski definition) is 15. The smallest absolute Gasteiger partial charge is 0.462 e. The van der Waals surface area contributed by atoms with Gasteiger partial charge in [-0.2, -0.15) is 0 Å². The minimum Gasteiger partial charge on any atom is -0.462 e. The van der Waals surface area contributed by atoms with Gasteiger partial charge in [-0.05, 0) is 128 Å². The molecule has 17 nitrogen and oxygen atoms in total. The fourth-order valence-electron chi connectivity index (χ4n) is 10.2. The van der Waals surface area contributed by atoms with Gasteiger partial charge < -0.3 is 33.8 Å². The molecule has 0 saturated carbocycles. The van der Waals surface area contributed by atoms with E-state index in [1.165, 1.54) is 83.5 Å². The van der Waals surface area contributed by atoms with E-state index in [0.29, 0.717) is 25.7 Å². The van der Waals surface area contributed by atoms with E-state index in [1.54, 1.807) is 0 Å². The lowest BCUT2D eigenvalue weighted by atomic mass is 10.1. The molecular formula is C79H138O17P2. The van der Waals surface area contributed by atoms with Crippen molar-refractivity contribution >= 4 is 39.5 Å². The van der Waals surface area contributed by atoms with Gasteiger partial charge in [0.2, 0.25) is 0 Å². The zero-order chi connectivity index (χ0) is 71.8. The summed E-state index contributed by atoms with van der Waals surface area (Å²) in [6.07, 6.45) is 74.0. The Morgan fingerprint density at radius 3 is 0.867 bits per heavy atom. The number of aliphatic hydroxyl groups is 1. The van der Waals surface area contributed by atoms with Crippen LogP contribution in [0.3, 0.4) is 0 Å². The van der Waals surface area contributed by atoms with Crippen LogP contribution in [-0.4, -0.2) is 96.7 Å². The molecule has 0 bridgehead atoms. The lowest BCUT2D eigenvalue weighted by Crippen LogP contribution is -2.30. The average molecular weight is 1420 g/mol. The quantitative estimate of drug-likeness (QED) is 0.0169. The third-order valence-corrected chi connectivity index (χ3v) is 17.9. The molecule has 0 rings (SSSR count). The zero-order valence-corrected chi connectivity index (χ0v) is 63.5. The number of phosphoric acid groups is 2. The molecule has 0 aromatic carbocycles. The van der Waals surface area contributed by atoms with Gasteiger partial charge in [0.15, 0.2) is 12.2 Å². The highest BCUT2D eigenvalue weighted by atomic mass is 31.2. The zero-order valence-electron chi connectivity index (χ0n) is 61.7. The van der Waals surface area contributed by atoms with Crippen molar-refractivity contribution in [3.05, 3.63) is 97.2 Å². The van der Waals surface area contributed by atoms with Gasteiger partial charge in [0.25, 0.3) is 0 Å². The predicted molar refractivity (Wildman–Crippen MR) is 399 cm³/mol. The number of hydrogen-bond donors (Lipinski definition) is 3. The molecule has 19 heteroatoms. The van der Waals surface area contributed by atoms with Gasteiger partial charge in [-0.3, -0.25) is 37.3 Å². The van der Waals surface area contributed by atoms with Gasteiger partial charge in [0, 0.05) is 25.7 Å². The van der Waals surface area contributed by atoms with Gasteiger partial charge in [-0.1, -0.05) is 266 Å². The van der Waals surface area contributed by atoms with Crippen LogP contribution in [-0.2, 0) is 65.4 Å². The molecule has 3 N–H and O–H groups in total. The first kappa shape index (κ1) is 94.0. The second kappa shape index (κ2) is 71.4. The Bertz CT molecular complexity index is 2240. The molecule has 5 atom stereocenters. The van der Waals surface area contributed by atoms with E-state index in [9.17, 15) is 43.2 Å². The minimum absolute atomic E-state index is 0.0824. The molecule has 0 amide bonds. The predicted octanol–water partition coefficient (Wildman–Crippen LogP) is 22.0. The van der Waals surface area contributed by atoms with Crippen molar-refractivity contribution < 1.29 is 80.2 Å². The van der Waals surface area contributed by atoms with E-state index >= 15 is 0 Å². The Hall–Kier alpha value is -4.02. The number of aliphatic hydroxyl groups excluding tert-OH is 1. The SMILES string of the molecule is CC/C=C\C/C=C\C/C=C\C/C=C\C/C=C\CCCCCC(=O)OCC(COP(=O)(O)OCC(O)COP(=O)(O)OCC(COC(=O)CCCCCCC/C=C\C/C=C\CCCCC)OC(=O)CCCCCCC/C=C\CCCCCC)OC(=O)CCCCCCCCCCCCC. The molecule has 0 radical (unpaired) electrons. The molecule has 0 aliphatic rings. The first-order valence-electron chi connectivity index (χ1n) is 38.5. The maximum atomic E-state index is 13.1. The molecule has 98 heavy (non-hydrogen) atoms. The van der Waals surface area contributed by atoms with Crippen LogP contribution in [0.25, 0.3) is 0 Å². The Morgan fingerprint density at radius 1 is 0.296 bits per heavy atom. The van der Waals surface area contributed by atoms with Crippen molar-refractivity contribution in [1.29, 1.82) is 0 Å². The highest BCUT2D eigenvalue weighted by molar-refractivity contribution is 7.47. The summed E-state index contributed by atoms with van der Waals surface area (Å²) < 4.78 is 68.4. The summed E-state index contributed by atoms with van der Waals surface area (Å²) in [5, 5.41) is 10.6. The molecule has 0 fully saturated rings. The minimum atomic E-state index is -4.98. The number of allylic oxidation sites excluding steroid dienone is 16. The van der Waals surface area contributed by atoms with Crippen LogP contribution in [0.4, 0.5) is 0 Å². The fraction of sp³-hybridized carbons (Fsp3) is 0.747. The Morgan fingerprint density at radius 2 is 0.531 bits per heavy atom. The third kappa shape index (κ3) is 70.4. The van der Waals surface area contributed by atoms with Crippen LogP contribution >= 0.6 is 15.6 Å². The third-order valence-electron chi connectivity index (χ3n) is 16.0. The molecule has 0 aliphatic carbocycles. The van der Waals surface area contributed by atoms with E-state index < -0.39 is 97.5 Å². The number of carbonyl (C=O) groups is 4. The van der Waals surface area contributed by atoms with Crippen molar-refractivity contribution in [3.8, 4) is 0 Å². The Kier molecular flexibility index (Phi) is 68.4. The van der Waals surface area contributed by atoms with Gasteiger partial charge in [-0.25, -0.2) is 9.13 Å². The first-order chi connectivity index (χ1) is 47.7. The largest absolute Gasteiger partial charge is 0.472 e. The number of carbonyl (C=O) groups excluding carboxylic acids is 4. The van der Waals surface area contributed by atoms with Crippen molar-refractivity contribution in [1.82, 2.24) is 0 Å². The maximum absolute atomic E-state index is 13.1. The van der Waals surface area contributed by atoms with Crippen molar-refractivity contribution in [2.75, 3.05) is 39.6 Å². The van der Waals surface area contributed by atoms with Crippen LogP contribution in [0.1, 0.15) is 323 Å². The Balaban J connectivity index is 5.34. The Labute approximate surface area is 595 Å². The molecule has 0 aromatic rings. The van der Waals surface area contributed by atoms with Gasteiger partial charge in [0.05, 0.1) is 26.4 Å². The molecular weight excluding hydrogens is 1280 g/mol. The van der Waals surface area contributed by atoms with Crippen LogP contribution in [0.15, 0.2) is 97.2 Å². The molecule has 0 spiro atoms. The monoisotopic (exact) mass is 1420 g/mol. The summed E-state index contributed by atoms with van der Waals surface area (Å²) in [5.74, 6) is -2.22. The summed E-state index contributed by atoms with van der Waals surface area (Å²) in [6.45, 7) is 4.67. The molecule has 0 heterocycles. The lowest BCUT2D eigenvalue weighted by Gasteiger charge is -2.21. The highest BCUT2D eigenvalue weighted by Gasteiger charge is 2.30. The second-order valence-corrected chi connectivity index (χ2v) is 28.5. The number of esters is 4. The maximum Gasteiger partial charge on any atom is 0.472 e. The summed E-state index contributed by atoms with van der Waals surface area (Å²) in [6, 6.07) is 0. The average Bonchev–Trinajstić information content (AvgIpc) is 1.00. The van der Waals surface area contributed by atoms with Crippen LogP contribution < -0.4 is 0 Å². The van der Waals surface area contributed by atoms with Crippen molar-refractivity contribution in [2.45, 2.75) is 341 Å². The molecule has 566 valence electrons. The molecule has 0 aliphatic heterocycles. The summed E-state index contributed by atoms with van der Waals surface area (Å²) in [5.41, 5.74) is 0. The first-order valence-corrected chi connectivity index (χ1v) is 41.5. The van der Waals surface area contributed by atoms with Crippen molar-refractivity contribution in [2.24, 2.45) is 0 Å². The number of phosphoric ester groups is 2. The van der Waals surface area contributed by atoms with Crippen LogP contribution in [0, 0.1) is 0 Å². The standard InChI is InChI=1S/C79H138O17P2/c1-5-9-13-17-21-25-29-32-34-35-36-37-39-42-45-48-52-56-60-64-77(82)89-69-74(95-78(83)65-61-57-53-49-43-28-24-20-16-12-8-4)71-93-97(85,86)91-67-73(80)68-92-98(87,88)94-72-75(96-79(84)66-62-58-54-50-46-40-31-27-23-19-15-11-7-3)70-90-76(81)63-59-55-51-47-44-41-38-33-30-26-22-18-14-10-6-2/h9,13,21-22,25-27,31-34,36-38,42,45,73-75,80H,5-8,10-12,14-20,23-24,28-30,35,39-41,43-44,46-72H2,1-4H3,(H,85,86)(H,87,88)/b13-9-,25-21-,26-22-,31-27-,34-32-,37-36-,38-33-,45-42-.